The zero-order chi connectivity index (χ0) is 7.52. The highest BCUT2D eigenvalue weighted by Gasteiger charge is 2.11. The van der Waals surface area contributed by atoms with Crippen LogP contribution in [0.15, 0.2) is 6.20 Å². The molecule has 0 unspecified atom stereocenters. The topological polar surface area (TPSA) is 41.1 Å². The van der Waals surface area contributed by atoms with Gasteiger partial charge in [0.15, 0.2) is 5.82 Å². The molecule has 1 aromatic heterocycles. The van der Waals surface area contributed by atoms with Gasteiger partial charge in [0, 0.05) is 26.2 Å². The summed E-state index contributed by atoms with van der Waals surface area (Å²) in [5, 5.41) is 3.29. The summed E-state index contributed by atoms with van der Waals surface area (Å²) < 4.78 is 8.13. The van der Waals surface area contributed by atoms with Gasteiger partial charge in [-0.2, -0.15) is 8.75 Å². The Labute approximate surface area is 93.9 Å². The highest BCUT2D eigenvalue weighted by Crippen LogP contribution is 2.10. The molecule has 0 amide bonds. The van der Waals surface area contributed by atoms with E-state index in [4.69, 9.17) is 0 Å². The predicted molar refractivity (Wildman–Crippen MR) is 59.5 cm³/mol. The number of rotatable bonds is 1. The van der Waals surface area contributed by atoms with Crippen LogP contribution >= 0.6 is 36.5 Å². The van der Waals surface area contributed by atoms with Crippen LogP contribution in [-0.2, 0) is 0 Å². The molecule has 4 nitrogen and oxygen atoms in total. The molecule has 0 radical (unpaired) electrons. The second-order valence-electron chi connectivity index (χ2n) is 2.50. The van der Waals surface area contributed by atoms with Gasteiger partial charge in [0.05, 0.1) is 17.9 Å². The summed E-state index contributed by atoms with van der Waals surface area (Å²) in [5.74, 6) is 1.02. The summed E-state index contributed by atoms with van der Waals surface area (Å²) >= 11 is 1.27. The molecule has 0 aromatic carbocycles. The van der Waals surface area contributed by atoms with Gasteiger partial charge in [-0.3, -0.25) is 0 Å². The molecule has 2 rings (SSSR count). The van der Waals surface area contributed by atoms with E-state index in [1.165, 1.54) is 11.7 Å². The molecule has 76 valence electrons. The van der Waals surface area contributed by atoms with Gasteiger partial charge in [-0.15, -0.1) is 24.8 Å². The first-order valence-electron chi connectivity index (χ1n) is 3.70. The van der Waals surface area contributed by atoms with Crippen molar-refractivity contribution < 1.29 is 0 Å². The molecule has 1 fully saturated rings. The first kappa shape index (κ1) is 12.9. The average Bonchev–Trinajstić information content (AvgIpc) is 2.58. The first-order valence-corrected chi connectivity index (χ1v) is 4.43. The van der Waals surface area contributed by atoms with Gasteiger partial charge in [0.1, 0.15) is 0 Å². The molecular weight excluding hydrogens is 231 g/mol. The summed E-state index contributed by atoms with van der Waals surface area (Å²) in [4.78, 5) is 2.25. The fourth-order valence-corrected chi connectivity index (χ4v) is 1.63. The van der Waals surface area contributed by atoms with E-state index in [1.54, 1.807) is 0 Å². The third-order valence-corrected chi connectivity index (χ3v) is 2.26. The maximum atomic E-state index is 4.17. The van der Waals surface area contributed by atoms with E-state index in [0.29, 0.717) is 0 Å². The number of anilines is 1. The number of hydrogen-bond donors (Lipinski definition) is 1. The molecule has 0 atom stereocenters. The van der Waals surface area contributed by atoms with Crippen LogP contribution in [0.3, 0.4) is 0 Å². The van der Waals surface area contributed by atoms with Crippen LogP contribution in [0.5, 0.6) is 0 Å². The molecule has 7 heteroatoms. The SMILES string of the molecule is Cl.Cl.c1nsnc1N1CCNCC1. The highest BCUT2D eigenvalue weighted by atomic mass is 35.5. The van der Waals surface area contributed by atoms with Crippen molar-refractivity contribution in [2.24, 2.45) is 0 Å². The molecule has 1 aliphatic rings. The van der Waals surface area contributed by atoms with E-state index in [2.05, 4.69) is 19.0 Å². The quantitative estimate of drug-likeness (QED) is 0.791. The van der Waals surface area contributed by atoms with Crippen LogP contribution in [0.2, 0.25) is 0 Å². The summed E-state index contributed by atoms with van der Waals surface area (Å²) in [6.07, 6.45) is 1.83. The van der Waals surface area contributed by atoms with Crippen molar-refractivity contribution in [1.29, 1.82) is 0 Å². The molecule has 1 saturated heterocycles. The Morgan fingerprint density at radius 1 is 1.31 bits per heavy atom. The molecule has 1 N–H and O–H groups in total. The molecule has 0 aliphatic carbocycles. The Morgan fingerprint density at radius 3 is 2.54 bits per heavy atom. The normalized spacial score (nSPS) is 15.8. The summed E-state index contributed by atoms with van der Waals surface area (Å²) in [6.45, 7) is 4.20. The second kappa shape index (κ2) is 6.37. The number of hydrogen-bond acceptors (Lipinski definition) is 5. The lowest BCUT2D eigenvalue weighted by atomic mass is 10.4. The van der Waals surface area contributed by atoms with Crippen LogP contribution in [0.25, 0.3) is 0 Å². The lowest BCUT2D eigenvalue weighted by Crippen LogP contribution is -2.43. The Kier molecular flexibility index (Phi) is 6.32. The number of nitrogens with one attached hydrogen (secondary N) is 1. The van der Waals surface area contributed by atoms with Gasteiger partial charge in [0.2, 0.25) is 0 Å². The molecule has 0 spiro atoms. The van der Waals surface area contributed by atoms with E-state index in [1.807, 2.05) is 6.20 Å². The van der Waals surface area contributed by atoms with Crippen molar-refractivity contribution in [2.45, 2.75) is 0 Å². The van der Waals surface area contributed by atoms with Gasteiger partial charge in [-0.1, -0.05) is 0 Å². The Balaban J connectivity index is 0.000000720. The van der Waals surface area contributed by atoms with Crippen LogP contribution in [-0.4, -0.2) is 34.9 Å². The Bertz CT molecular complexity index is 212. The second-order valence-corrected chi connectivity index (χ2v) is 3.06. The standard InChI is InChI=1S/C6H10N4S.2ClH/c1-3-10(4-2-7-1)6-5-8-11-9-6;;/h5,7H,1-4H2;2*1H. The monoisotopic (exact) mass is 242 g/mol. The predicted octanol–water partition coefficient (Wildman–Crippen LogP) is 0.791. The van der Waals surface area contributed by atoms with E-state index in [9.17, 15) is 0 Å². The van der Waals surface area contributed by atoms with Gasteiger partial charge < -0.3 is 10.2 Å². The number of piperazine rings is 1. The highest BCUT2D eigenvalue weighted by molar-refractivity contribution is 6.99. The number of halogens is 2. The van der Waals surface area contributed by atoms with E-state index >= 15 is 0 Å². The zero-order valence-corrected chi connectivity index (χ0v) is 9.42. The van der Waals surface area contributed by atoms with Crippen molar-refractivity contribution >= 4 is 42.4 Å². The van der Waals surface area contributed by atoms with Crippen molar-refractivity contribution in [2.75, 3.05) is 31.1 Å². The van der Waals surface area contributed by atoms with Crippen LogP contribution in [0.4, 0.5) is 5.82 Å². The van der Waals surface area contributed by atoms with Gasteiger partial charge in [0.25, 0.3) is 0 Å². The molecule has 13 heavy (non-hydrogen) atoms. The minimum atomic E-state index is 0. The van der Waals surface area contributed by atoms with Crippen molar-refractivity contribution in [1.82, 2.24) is 14.1 Å². The molecule has 0 bridgehead atoms. The van der Waals surface area contributed by atoms with E-state index < -0.39 is 0 Å². The van der Waals surface area contributed by atoms with Gasteiger partial charge in [-0.25, -0.2) is 0 Å². The summed E-state index contributed by atoms with van der Waals surface area (Å²) in [7, 11) is 0. The van der Waals surface area contributed by atoms with Crippen LogP contribution in [0.1, 0.15) is 0 Å². The minimum absolute atomic E-state index is 0. The molecule has 2 heterocycles. The minimum Gasteiger partial charge on any atom is -0.352 e. The fraction of sp³-hybridized carbons (Fsp3) is 0.667. The maximum absolute atomic E-state index is 4.17. The van der Waals surface area contributed by atoms with E-state index in [-0.39, 0.29) is 24.8 Å². The zero-order valence-electron chi connectivity index (χ0n) is 6.97. The van der Waals surface area contributed by atoms with Crippen LogP contribution in [0, 0.1) is 0 Å². The average molecular weight is 243 g/mol. The first-order chi connectivity index (χ1) is 5.47. The third kappa shape index (κ3) is 3.27. The van der Waals surface area contributed by atoms with Crippen molar-refractivity contribution in [3.8, 4) is 0 Å². The third-order valence-electron chi connectivity index (χ3n) is 1.79. The fourth-order valence-electron chi connectivity index (χ4n) is 1.19. The molecule has 0 saturated carbocycles. The van der Waals surface area contributed by atoms with Gasteiger partial charge >= 0.3 is 0 Å². The van der Waals surface area contributed by atoms with Crippen molar-refractivity contribution in [3.05, 3.63) is 6.20 Å². The number of aromatic nitrogens is 2. The molecular formula is C6H12Cl2N4S. The summed E-state index contributed by atoms with van der Waals surface area (Å²) in [5.41, 5.74) is 0. The maximum Gasteiger partial charge on any atom is 0.162 e. The lowest BCUT2D eigenvalue weighted by Gasteiger charge is -2.26. The largest absolute Gasteiger partial charge is 0.352 e. The molecule has 1 aliphatic heterocycles. The van der Waals surface area contributed by atoms with Gasteiger partial charge in [-0.05, 0) is 0 Å². The van der Waals surface area contributed by atoms with Crippen LogP contribution < -0.4 is 10.2 Å². The summed E-state index contributed by atoms with van der Waals surface area (Å²) in [6, 6.07) is 0. The Morgan fingerprint density at radius 2 is 2.00 bits per heavy atom. The van der Waals surface area contributed by atoms with Crippen molar-refractivity contribution in [3.63, 3.8) is 0 Å². The molecule has 1 aromatic rings. The number of nitrogens with zero attached hydrogens (tertiary/aromatic N) is 3. The van der Waals surface area contributed by atoms with E-state index in [0.717, 1.165) is 32.0 Å². The smallest absolute Gasteiger partial charge is 0.162 e. The Hall–Kier alpha value is -0.100. The lowest BCUT2D eigenvalue weighted by molar-refractivity contribution is 0.586.